The van der Waals surface area contributed by atoms with Crippen molar-refractivity contribution in [2.45, 2.75) is 26.4 Å². The van der Waals surface area contributed by atoms with Crippen molar-refractivity contribution in [3.05, 3.63) is 0 Å². The highest BCUT2D eigenvalue weighted by molar-refractivity contribution is 5.59. The van der Waals surface area contributed by atoms with E-state index >= 15 is 0 Å². The van der Waals surface area contributed by atoms with Gasteiger partial charge in [0.15, 0.2) is 0 Å². The van der Waals surface area contributed by atoms with E-state index in [1.54, 1.807) is 0 Å². The molecule has 0 heterocycles. The Kier molecular flexibility index (Phi) is 2.46. The van der Waals surface area contributed by atoms with Gasteiger partial charge in [0.25, 0.3) is 0 Å². The van der Waals surface area contributed by atoms with Gasteiger partial charge in [0, 0.05) is 0 Å². The second kappa shape index (κ2) is 2.60. The minimum Gasteiger partial charge on any atom is -0.302 e. The monoisotopic (exact) mass is 154 g/mol. The van der Waals surface area contributed by atoms with Crippen molar-refractivity contribution in [3.8, 4) is 0 Å². The van der Waals surface area contributed by atoms with Gasteiger partial charge in [-0.1, -0.05) is 6.92 Å². The molecule has 0 bridgehead atoms. The summed E-state index contributed by atoms with van der Waals surface area (Å²) in [5, 5.41) is 0. The van der Waals surface area contributed by atoms with E-state index in [1.807, 2.05) is 0 Å². The minimum absolute atomic E-state index is 0.0486. The Bertz CT molecular complexity index is 129. The molecule has 0 saturated heterocycles. The molecule has 0 unspecified atom stereocenters. The van der Waals surface area contributed by atoms with E-state index in [2.05, 4.69) is 0 Å². The Morgan fingerprint density at radius 3 is 1.80 bits per heavy atom. The van der Waals surface area contributed by atoms with Crippen LogP contribution in [0.2, 0.25) is 0 Å². The smallest absolute Gasteiger partial charge is 0.302 e. The molecule has 1 atom stereocenters. The van der Waals surface area contributed by atoms with E-state index in [0.29, 0.717) is 0 Å². The molecular weight excluding hydrogens is 145 g/mol. The maximum atomic E-state index is 11.9. The first-order valence-corrected chi connectivity index (χ1v) is 2.90. The van der Waals surface area contributed by atoms with Crippen LogP contribution in [0.3, 0.4) is 0 Å². The fourth-order valence-electron chi connectivity index (χ4n) is 0.351. The zero-order chi connectivity index (χ0) is 8.41. The number of hydrogen-bond donors (Lipinski definition) is 0. The standard InChI is InChI=1S/C6H9F3O/c1-3-5(2,4-10)6(7,8)9/h4H,3H2,1-2H3/t5-/m0/s1. The molecule has 0 spiro atoms. The van der Waals surface area contributed by atoms with Gasteiger partial charge in [0.1, 0.15) is 11.7 Å². The summed E-state index contributed by atoms with van der Waals surface area (Å²) in [6, 6.07) is 0. The number of carbonyl (C=O) groups is 1. The molecule has 60 valence electrons. The number of halogens is 3. The summed E-state index contributed by atoms with van der Waals surface area (Å²) in [5.41, 5.74) is -2.16. The van der Waals surface area contributed by atoms with E-state index in [0.717, 1.165) is 6.92 Å². The Labute approximate surface area is 57.2 Å². The summed E-state index contributed by atoms with van der Waals surface area (Å²) >= 11 is 0. The second-order valence-electron chi connectivity index (χ2n) is 2.39. The third-order valence-corrected chi connectivity index (χ3v) is 1.64. The lowest BCUT2D eigenvalue weighted by atomic mass is 9.89. The lowest BCUT2D eigenvalue weighted by molar-refractivity contribution is -0.209. The maximum absolute atomic E-state index is 11.9. The Morgan fingerprint density at radius 1 is 1.40 bits per heavy atom. The van der Waals surface area contributed by atoms with Crippen LogP contribution in [0.5, 0.6) is 0 Å². The van der Waals surface area contributed by atoms with Crippen molar-refractivity contribution in [2.75, 3.05) is 0 Å². The van der Waals surface area contributed by atoms with Gasteiger partial charge in [-0.25, -0.2) is 0 Å². The molecule has 0 aromatic rings. The Hall–Kier alpha value is -0.540. The van der Waals surface area contributed by atoms with Crippen LogP contribution in [0, 0.1) is 5.41 Å². The van der Waals surface area contributed by atoms with Crippen molar-refractivity contribution < 1.29 is 18.0 Å². The van der Waals surface area contributed by atoms with Crippen LogP contribution in [0.1, 0.15) is 20.3 Å². The molecule has 1 nitrogen and oxygen atoms in total. The summed E-state index contributed by atoms with van der Waals surface area (Å²) < 4.78 is 35.6. The summed E-state index contributed by atoms with van der Waals surface area (Å²) in [6.45, 7) is 2.22. The molecule has 0 fully saturated rings. The van der Waals surface area contributed by atoms with E-state index in [-0.39, 0.29) is 12.7 Å². The van der Waals surface area contributed by atoms with Crippen LogP contribution in [-0.2, 0) is 4.79 Å². The van der Waals surface area contributed by atoms with Gasteiger partial charge in [-0.3, -0.25) is 0 Å². The molecule has 10 heavy (non-hydrogen) atoms. The molecule has 0 aromatic heterocycles. The summed E-state index contributed by atoms with van der Waals surface area (Å²) in [7, 11) is 0. The average Bonchev–Trinajstić information content (AvgIpc) is 1.84. The average molecular weight is 154 g/mol. The van der Waals surface area contributed by atoms with Gasteiger partial charge >= 0.3 is 6.18 Å². The van der Waals surface area contributed by atoms with Gasteiger partial charge in [0.05, 0.1) is 0 Å². The van der Waals surface area contributed by atoms with Crippen LogP contribution in [0.4, 0.5) is 13.2 Å². The van der Waals surface area contributed by atoms with Gasteiger partial charge in [-0.2, -0.15) is 13.2 Å². The number of carbonyl (C=O) groups excluding carboxylic acids is 1. The normalized spacial score (nSPS) is 18.1. The molecule has 0 rings (SSSR count). The fourth-order valence-corrected chi connectivity index (χ4v) is 0.351. The Morgan fingerprint density at radius 2 is 1.80 bits per heavy atom. The SMILES string of the molecule is CC[C@@](C)(C=O)C(F)(F)F. The van der Waals surface area contributed by atoms with Crippen LogP contribution in [0.15, 0.2) is 0 Å². The summed E-state index contributed by atoms with van der Waals surface area (Å²) in [6.07, 6.45) is -4.67. The predicted octanol–water partition coefficient (Wildman–Crippen LogP) is 2.16. The maximum Gasteiger partial charge on any atom is 0.400 e. The number of hydrogen-bond acceptors (Lipinski definition) is 1. The van der Waals surface area contributed by atoms with Gasteiger partial charge < -0.3 is 4.79 Å². The minimum atomic E-state index is -4.41. The molecule has 0 aliphatic carbocycles. The van der Waals surface area contributed by atoms with Crippen molar-refractivity contribution in [2.24, 2.45) is 5.41 Å². The van der Waals surface area contributed by atoms with Gasteiger partial charge in [-0.05, 0) is 13.3 Å². The number of alkyl halides is 3. The summed E-state index contributed by atoms with van der Waals surface area (Å²) in [4.78, 5) is 9.98. The highest BCUT2D eigenvalue weighted by Gasteiger charge is 2.49. The van der Waals surface area contributed by atoms with Crippen LogP contribution >= 0.6 is 0 Å². The molecule has 0 aromatic carbocycles. The van der Waals surface area contributed by atoms with Gasteiger partial charge in [0.2, 0.25) is 0 Å². The van der Waals surface area contributed by atoms with E-state index in [9.17, 15) is 18.0 Å². The summed E-state index contributed by atoms with van der Waals surface area (Å²) in [5.74, 6) is 0. The molecule has 0 saturated carbocycles. The zero-order valence-electron chi connectivity index (χ0n) is 5.83. The van der Waals surface area contributed by atoms with Crippen LogP contribution in [-0.4, -0.2) is 12.5 Å². The number of aldehydes is 1. The zero-order valence-corrected chi connectivity index (χ0v) is 5.83. The van der Waals surface area contributed by atoms with E-state index in [4.69, 9.17) is 0 Å². The van der Waals surface area contributed by atoms with Crippen molar-refractivity contribution >= 4 is 6.29 Å². The molecule has 0 aliphatic rings. The molecule has 0 amide bonds. The van der Waals surface area contributed by atoms with Crippen LogP contribution < -0.4 is 0 Å². The fraction of sp³-hybridized carbons (Fsp3) is 0.833. The first-order valence-electron chi connectivity index (χ1n) is 2.90. The van der Waals surface area contributed by atoms with E-state index in [1.165, 1.54) is 6.92 Å². The highest BCUT2D eigenvalue weighted by Crippen LogP contribution is 2.38. The molecular formula is C6H9F3O. The van der Waals surface area contributed by atoms with Gasteiger partial charge in [-0.15, -0.1) is 0 Å². The Balaban J connectivity index is 4.48. The van der Waals surface area contributed by atoms with Crippen molar-refractivity contribution in [1.82, 2.24) is 0 Å². The molecule has 4 heteroatoms. The second-order valence-corrected chi connectivity index (χ2v) is 2.39. The molecule has 0 N–H and O–H groups in total. The predicted molar refractivity (Wildman–Crippen MR) is 30.5 cm³/mol. The molecule has 0 aliphatic heterocycles. The third kappa shape index (κ3) is 1.49. The first-order chi connectivity index (χ1) is 4.37. The van der Waals surface area contributed by atoms with E-state index < -0.39 is 11.6 Å². The third-order valence-electron chi connectivity index (χ3n) is 1.64. The van der Waals surface area contributed by atoms with Crippen LogP contribution in [0.25, 0.3) is 0 Å². The molecule has 0 radical (unpaired) electrons. The largest absolute Gasteiger partial charge is 0.400 e. The van der Waals surface area contributed by atoms with Crippen molar-refractivity contribution in [3.63, 3.8) is 0 Å². The lowest BCUT2D eigenvalue weighted by Crippen LogP contribution is -2.35. The van der Waals surface area contributed by atoms with Crippen molar-refractivity contribution in [1.29, 1.82) is 0 Å². The topological polar surface area (TPSA) is 17.1 Å². The first kappa shape index (κ1) is 9.46. The lowest BCUT2D eigenvalue weighted by Gasteiger charge is -2.23. The highest BCUT2D eigenvalue weighted by atomic mass is 19.4. The number of rotatable bonds is 2. The quantitative estimate of drug-likeness (QED) is 0.557.